The van der Waals surface area contributed by atoms with E-state index in [0.717, 1.165) is 10.9 Å². The van der Waals surface area contributed by atoms with Crippen LogP contribution in [0.4, 0.5) is 0 Å². The highest BCUT2D eigenvalue weighted by Gasteiger charge is 2.04. The molecule has 0 aromatic carbocycles. The summed E-state index contributed by atoms with van der Waals surface area (Å²) in [5, 5.41) is 1.38. The SMILES string of the molecule is CS(=O)(=O)CCOCn1ccc2cnc(Cl)cc21. The molecule has 0 fully saturated rings. The Bertz CT molecular complexity index is 651. The normalized spacial score (nSPS) is 12.1. The van der Waals surface area contributed by atoms with Gasteiger partial charge in [-0.25, -0.2) is 13.4 Å². The first-order valence-corrected chi connectivity index (χ1v) is 7.75. The summed E-state index contributed by atoms with van der Waals surface area (Å²) in [7, 11) is -2.98. The standard InChI is InChI=1S/C11H13ClN2O3S/c1-18(15,16)5-4-17-8-14-3-2-9-7-13-11(12)6-10(9)14/h2-3,6-7H,4-5,8H2,1H3. The third-order valence-electron chi connectivity index (χ3n) is 2.45. The zero-order chi connectivity index (χ0) is 13.2. The van der Waals surface area contributed by atoms with Crippen molar-refractivity contribution in [2.45, 2.75) is 6.73 Å². The van der Waals surface area contributed by atoms with Crippen molar-refractivity contribution >= 4 is 32.3 Å². The second-order valence-corrected chi connectivity index (χ2v) is 6.67. The fraction of sp³-hybridized carbons (Fsp3) is 0.364. The van der Waals surface area contributed by atoms with Crippen molar-refractivity contribution in [1.82, 2.24) is 9.55 Å². The highest BCUT2D eigenvalue weighted by atomic mass is 35.5. The quantitative estimate of drug-likeness (QED) is 0.621. The zero-order valence-corrected chi connectivity index (χ0v) is 11.4. The smallest absolute Gasteiger partial charge is 0.149 e. The predicted molar refractivity (Wildman–Crippen MR) is 70.4 cm³/mol. The number of sulfone groups is 1. The van der Waals surface area contributed by atoms with Gasteiger partial charge in [-0.05, 0) is 12.1 Å². The van der Waals surface area contributed by atoms with Crippen molar-refractivity contribution in [2.24, 2.45) is 0 Å². The van der Waals surface area contributed by atoms with Crippen molar-refractivity contribution in [3.63, 3.8) is 0 Å². The lowest BCUT2D eigenvalue weighted by molar-refractivity contribution is 0.0922. The lowest BCUT2D eigenvalue weighted by Crippen LogP contribution is -2.11. The van der Waals surface area contributed by atoms with Gasteiger partial charge in [-0.1, -0.05) is 11.6 Å². The second-order valence-electron chi connectivity index (χ2n) is 4.02. The summed E-state index contributed by atoms with van der Waals surface area (Å²) in [5.74, 6) is 0.0223. The fourth-order valence-electron chi connectivity index (χ4n) is 1.54. The molecule has 0 unspecified atom stereocenters. The molecule has 0 bridgehead atoms. The van der Waals surface area contributed by atoms with Crippen molar-refractivity contribution < 1.29 is 13.2 Å². The Morgan fingerprint density at radius 3 is 3.00 bits per heavy atom. The molecule has 0 N–H and O–H groups in total. The number of aromatic nitrogens is 2. The first kappa shape index (κ1) is 13.3. The van der Waals surface area contributed by atoms with E-state index in [0.29, 0.717) is 11.9 Å². The first-order chi connectivity index (χ1) is 8.46. The topological polar surface area (TPSA) is 61.2 Å². The van der Waals surface area contributed by atoms with Crippen LogP contribution in [0.15, 0.2) is 24.5 Å². The highest BCUT2D eigenvalue weighted by molar-refractivity contribution is 7.90. The highest BCUT2D eigenvalue weighted by Crippen LogP contribution is 2.18. The molecule has 5 nitrogen and oxygen atoms in total. The van der Waals surface area contributed by atoms with Gasteiger partial charge in [0, 0.05) is 24.0 Å². The van der Waals surface area contributed by atoms with Crippen LogP contribution in [0.3, 0.4) is 0 Å². The molecule has 0 amide bonds. The van der Waals surface area contributed by atoms with Crippen molar-refractivity contribution in [1.29, 1.82) is 0 Å². The molecule has 18 heavy (non-hydrogen) atoms. The molecule has 0 aliphatic rings. The van der Waals surface area contributed by atoms with Crippen LogP contribution in [-0.2, 0) is 21.3 Å². The maximum Gasteiger partial charge on any atom is 0.149 e. The van der Waals surface area contributed by atoms with E-state index in [4.69, 9.17) is 16.3 Å². The summed E-state index contributed by atoms with van der Waals surface area (Å²) < 4.78 is 29.0. The van der Waals surface area contributed by atoms with Crippen LogP contribution >= 0.6 is 11.6 Å². The van der Waals surface area contributed by atoms with E-state index in [1.54, 1.807) is 12.3 Å². The molecule has 2 heterocycles. The molecule has 0 radical (unpaired) electrons. The van der Waals surface area contributed by atoms with Crippen molar-refractivity contribution in [2.75, 3.05) is 18.6 Å². The lowest BCUT2D eigenvalue weighted by atomic mass is 10.3. The van der Waals surface area contributed by atoms with E-state index < -0.39 is 9.84 Å². The largest absolute Gasteiger partial charge is 0.360 e. The van der Waals surface area contributed by atoms with Gasteiger partial charge >= 0.3 is 0 Å². The Hall–Kier alpha value is -1.11. The van der Waals surface area contributed by atoms with Crippen LogP contribution in [0, 0.1) is 0 Å². The number of fused-ring (bicyclic) bond motifs is 1. The number of hydrogen-bond acceptors (Lipinski definition) is 4. The lowest BCUT2D eigenvalue weighted by Gasteiger charge is -2.06. The molecule has 0 aliphatic carbocycles. The van der Waals surface area contributed by atoms with E-state index in [1.165, 1.54) is 6.26 Å². The summed E-state index contributed by atoms with van der Waals surface area (Å²) in [5.41, 5.74) is 0.911. The molecule has 0 saturated heterocycles. The van der Waals surface area contributed by atoms with Gasteiger partial charge in [0.25, 0.3) is 0 Å². The molecule has 2 rings (SSSR count). The van der Waals surface area contributed by atoms with Crippen LogP contribution in [0.25, 0.3) is 10.9 Å². The Kier molecular flexibility index (Phi) is 3.89. The number of pyridine rings is 1. The maximum atomic E-state index is 10.9. The summed E-state index contributed by atoms with van der Waals surface area (Å²) in [4.78, 5) is 3.98. The van der Waals surface area contributed by atoms with Crippen LogP contribution < -0.4 is 0 Å². The minimum atomic E-state index is -2.98. The molecule has 0 spiro atoms. The van der Waals surface area contributed by atoms with E-state index in [2.05, 4.69) is 4.98 Å². The first-order valence-electron chi connectivity index (χ1n) is 5.31. The monoisotopic (exact) mass is 288 g/mol. The predicted octanol–water partition coefficient (Wildman–Crippen LogP) is 1.71. The Labute approximate surface area is 110 Å². The third kappa shape index (κ3) is 3.44. The van der Waals surface area contributed by atoms with Gasteiger partial charge in [0.1, 0.15) is 21.7 Å². The fourth-order valence-corrected chi connectivity index (χ4v) is 2.12. The number of ether oxygens (including phenoxy) is 1. The van der Waals surface area contributed by atoms with Crippen LogP contribution in [0.1, 0.15) is 0 Å². The van der Waals surface area contributed by atoms with Crippen molar-refractivity contribution in [3.8, 4) is 0 Å². The molecular weight excluding hydrogens is 276 g/mol. The van der Waals surface area contributed by atoms with E-state index in [-0.39, 0.29) is 12.4 Å². The summed E-state index contributed by atoms with van der Waals surface area (Å²) in [6, 6.07) is 3.65. The maximum absolute atomic E-state index is 10.9. The average molecular weight is 289 g/mol. The molecule has 0 aliphatic heterocycles. The molecule has 0 atom stereocenters. The molecule has 2 aromatic heterocycles. The molecule has 0 saturated carbocycles. The number of rotatable bonds is 5. The van der Waals surface area contributed by atoms with Gasteiger partial charge in [-0.3, -0.25) is 0 Å². The molecule has 98 valence electrons. The summed E-state index contributed by atoms with van der Waals surface area (Å²) in [6.45, 7) is 0.469. The van der Waals surface area contributed by atoms with Gasteiger partial charge in [0.15, 0.2) is 0 Å². The molecular formula is C11H13ClN2O3S. The van der Waals surface area contributed by atoms with E-state index in [9.17, 15) is 8.42 Å². The van der Waals surface area contributed by atoms with Gasteiger partial charge in [0.2, 0.25) is 0 Å². The molecule has 2 aromatic rings. The minimum absolute atomic E-state index is 0.0223. The van der Waals surface area contributed by atoms with Gasteiger partial charge in [-0.15, -0.1) is 0 Å². The van der Waals surface area contributed by atoms with Crippen LogP contribution in [0.5, 0.6) is 0 Å². The van der Waals surface area contributed by atoms with Gasteiger partial charge in [-0.2, -0.15) is 0 Å². The van der Waals surface area contributed by atoms with Crippen LogP contribution in [-0.4, -0.2) is 36.6 Å². The van der Waals surface area contributed by atoms with Gasteiger partial charge < -0.3 is 9.30 Å². The summed E-state index contributed by atoms with van der Waals surface area (Å²) in [6.07, 6.45) is 4.72. The Morgan fingerprint density at radius 2 is 2.28 bits per heavy atom. The number of halogens is 1. The molecule has 7 heteroatoms. The minimum Gasteiger partial charge on any atom is -0.360 e. The Balaban J connectivity index is 2.02. The Morgan fingerprint density at radius 1 is 1.50 bits per heavy atom. The van der Waals surface area contributed by atoms with Gasteiger partial charge in [0.05, 0.1) is 17.9 Å². The number of hydrogen-bond donors (Lipinski definition) is 0. The van der Waals surface area contributed by atoms with E-state index >= 15 is 0 Å². The third-order valence-corrected chi connectivity index (χ3v) is 3.57. The average Bonchev–Trinajstić information content (AvgIpc) is 2.66. The van der Waals surface area contributed by atoms with Crippen LogP contribution in [0.2, 0.25) is 5.15 Å². The number of nitrogens with zero attached hydrogens (tertiary/aromatic N) is 2. The second kappa shape index (κ2) is 5.26. The van der Waals surface area contributed by atoms with Crippen molar-refractivity contribution in [3.05, 3.63) is 29.7 Å². The summed E-state index contributed by atoms with van der Waals surface area (Å²) >= 11 is 5.82. The van der Waals surface area contributed by atoms with E-state index in [1.807, 2.05) is 16.8 Å². The zero-order valence-electron chi connectivity index (χ0n) is 9.84.